The number of benzene rings is 1. The van der Waals surface area contributed by atoms with Crippen LogP contribution in [0.4, 0.5) is 5.69 Å². The van der Waals surface area contributed by atoms with Crippen LogP contribution in [-0.4, -0.2) is 22.6 Å². The topological polar surface area (TPSA) is 86.4 Å². The second-order valence-electron chi connectivity index (χ2n) is 5.74. The molecule has 0 bridgehead atoms. The maximum absolute atomic E-state index is 12.2. The minimum absolute atomic E-state index is 0.0914. The van der Waals surface area contributed by atoms with Crippen LogP contribution in [0, 0.1) is 0 Å². The van der Waals surface area contributed by atoms with E-state index in [9.17, 15) is 9.59 Å². The molecule has 1 amide bonds. The van der Waals surface area contributed by atoms with Gasteiger partial charge in [-0.05, 0) is 23.8 Å². The minimum Gasteiger partial charge on any atom is -0.481 e. The highest BCUT2D eigenvalue weighted by Crippen LogP contribution is 2.41. The van der Waals surface area contributed by atoms with Crippen molar-refractivity contribution in [2.24, 2.45) is 7.05 Å². The molecule has 0 saturated heterocycles. The van der Waals surface area contributed by atoms with Gasteiger partial charge >= 0.3 is 5.76 Å². The second-order valence-corrected chi connectivity index (χ2v) is 5.74. The number of carbonyl (C=O) groups is 1. The number of oxazole rings is 1. The Morgan fingerprint density at radius 1 is 1.33 bits per heavy atom. The van der Waals surface area contributed by atoms with Crippen molar-refractivity contribution in [3.8, 4) is 5.88 Å². The molecule has 7 nitrogen and oxygen atoms in total. The van der Waals surface area contributed by atoms with Crippen LogP contribution in [0.15, 0.2) is 39.7 Å². The number of ether oxygens (including phenoxy) is 1. The molecule has 0 fully saturated rings. The van der Waals surface area contributed by atoms with E-state index in [-0.39, 0.29) is 18.2 Å². The van der Waals surface area contributed by atoms with Gasteiger partial charge < -0.3 is 14.5 Å². The maximum atomic E-state index is 12.2. The Hall–Kier alpha value is -3.09. The van der Waals surface area contributed by atoms with Gasteiger partial charge in [0.1, 0.15) is 0 Å². The van der Waals surface area contributed by atoms with Gasteiger partial charge in [-0.15, -0.1) is 0 Å². The fourth-order valence-corrected chi connectivity index (χ4v) is 3.20. The van der Waals surface area contributed by atoms with Crippen molar-refractivity contribution in [2.75, 3.05) is 12.4 Å². The first-order valence-electron chi connectivity index (χ1n) is 7.50. The van der Waals surface area contributed by atoms with E-state index >= 15 is 0 Å². The summed E-state index contributed by atoms with van der Waals surface area (Å²) in [5.41, 5.74) is 3.51. The lowest BCUT2D eigenvalue weighted by Gasteiger charge is -2.26. The number of hydrogen-bond acceptors (Lipinski definition) is 5. The van der Waals surface area contributed by atoms with E-state index in [0.29, 0.717) is 22.7 Å². The quantitative estimate of drug-likeness (QED) is 0.779. The molecule has 4 rings (SSSR count). The molecular weight excluding hydrogens is 310 g/mol. The zero-order chi connectivity index (χ0) is 16.8. The molecule has 1 atom stereocenters. The van der Waals surface area contributed by atoms with E-state index in [0.717, 1.165) is 11.1 Å². The van der Waals surface area contributed by atoms with E-state index in [2.05, 4.69) is 10.3 Å². The number of nitrogens with zero attached hydrogens (tertiary/aromatic N) is 2. The predicted octanol–water partition coefficient (Wildman–Crippen LogP) is 2.01. The van der Waals surface area contributed by atoms with Gasteiger partial charge in [-0.3, -0.25) is 9.36 Å². The number of anilines is 1. The lowest BCUT2D eigenvalue weighted by atomic mass is 9.85. The van der Waals surface area contributed by atoms with Crippen LogP contribution in [0.2, 0.25) is 0 Å². The average Bonchev–Trinajstić information content (AvgIpc) is 2.86. The van der Waals surface area contributed by atoms with E-state index in [1.807, 2.05) is 18.2 Å². The number of aryl methyl sites for hydroxylation is 1. The minimum atomic E-state index is -0.436. The number of rotatable bonds is 2. The predicted molar refractivity (Wildman–Crippen MR) is 87.3 cm³/mol. The summed E-state index contributed by atoms with van der Waals surface area (Å²) in [7, 11) is 3.18. The normalized spacial score (nSPS) is 16.8. The lowest BCUT2D eigenvalue weighted by molar-refractivity contribution is -0.116. The molecule has 0 radical (unpaired) electrons. The van der Waals surface area contributed by atoms with Crippen LogP contribution < -0.4 is 15.8 Å². The zero-order valence-corrected chi connectivity index (χ0v) is 13.2. The highest BCUT2D eigenvalue weighted by molar-refractivity contribution is 5.98. The molecule has 3 heterocycles. The Morgan fingerprint density at radius 2 is 2.17 bits per heavy atom. The van der Waals surface area contributed by atoms with Gasteiger partial charge in [0, 0.05) is 36.8 Å². The third-order valence-corrected chi connectivity index (χ3v) is 4.37. The van der Waals surface area contributed by atoms with Crippen LogP contribution >= 0.6 is 0 Å². The van der Waals surface area contributed by atoms with Gasteiger partial charge in [0.05, 0.1) is 12.6 Å². The fraction of sp³-hybridized carbons (Fsp3) is 0.235. The lowest BCUT2D eigenvalue weighted by Crippen LogP contribution is -2.24. The van der Waals surface area contributed by atoms with Crippen molar-refractivity contribution in [3.63, 3.8) is 0 Å². The van der Waals surface area contributed by atoms with Crippen LogP contribution in [0.25, 0.3) is 11.1 Å². The number of methoxy groups -OCH3 is 1. The smallest absolute Gasteiger partial charge is 0.419 e. The summed E-state index contributed by atoms with van der Waals surface area (Å²) >= 11 is 0. The standard InChI is InChI=1S/C17H15N3O4/c1-20-13-8-12-11(6-14(13)24-17(20)22)10(7-15(21)19-12)9-4-3-5-18-16(9)23-2/h3-6,8,10H,7H2,1-2H3,(H,19,21)/t10-/m0/s1. The van der Waals surface area contributed by atoms with E-state index in [1.165, 1.54) is 4.57 Å². The largest absolute Gasteiger partial charge is 0.481 e. The summed E-state index contributed by atoms with van der Waals surface area (Å²) in [5.74, 6) is -0.259. The summed E-state index contributed by atoms with van der Waals surface area (Å²) in [6.07, 6.45) is 1.92. The van der Waals surface area contributed by atoms with Crippen molar-refractivity contribution < 1.29 is 13.9 Å². The molecule has 0 spiro atoms. The summed E-state index contributed by atoms with van der Waals surface area (Å²) in [6, 6.07) is 7.28. The van der Waals surface area contributed by atoms with Crippen LogP contribution in [0.5, 0.6) is 5.88 Å². The van der Waals surface area contributed by atoms with E-state index in [1.54, 1.807) is 26.4 Å². The number of nitrogens with one attached hydrogen (secondary N) is 1. The number of fused-ring (bicyclic) bond motifs is 2. The van der Waals surface area contributed by atoms with Crippen molar-refractivity contribution in [1.29, 1.82) is 0 Å². The third-order valence-electron chi connectivity index (χ3n) is 4.37. The number of hydrogen-bond donors (Lipinski definition) is 1. The maximum Gasteiger partial charge on any atom is 0.419 e. The van der Waals surface area contributed by atoms with Crippen LogP contribution in [0.3, 0.4) is 0 Å². The molecule has 0 aliphatic carbocycles. The van der Waals surface area contributed by atoms with Gasteiger partial charge in [0.25, 0.3) is 0 Å². The summed E-state index contributed by atoms with van der Waals surface area (Å²) in [5, 5.41) is 2.87. The molecule has 0 unspecified atom stereocenters. The van der Waals surface area contributed by atoms with Gasteiger partial charge in [-0.1, -0.05) is 6.07 Å². The van der Waals surface area contributed by atoms with Crippen molar-refractivity contribution >= 4 is 22.7 Å². The number of amides is 1. The summed E-state index contributed by atoms with van der Waals surface area (Å²) in [6.45, 7) is 0. The Balaban J connectivity index is 1.96. The average molecular weight is 325 g/mol. The highest BCUT2D eigenvalue weighted by Gasteiger charge is 2.30. The first-order chi connectivity index (χ1) is 11.6. The summed E-state index contributed by atoms with van der Waals surface area (Å²) in [4.78, 5) is 28.1. The monoisotopic (exact) mass is 325 g/mol. The molecule has 2 aromatic heterocycles. The first-order valence-corrected chi connectivity index (χ1v) is 7.50. The first kappa shape index (κ1) is 14.5. The van der Waals surface area contributed by atoms with E-state index < -0.39 is 5.76 Å². The SMILES string of the molecule is COc1ncccc1[C@@H]1CC(=O)Nc2cc3c(cc21)oc(=O)n3C. The second kappa shape index (κ2) is 5.23. The van der Waals surface area contributed by atoms with E-state index in [4.69, 9.17) is 9.15 Å². The van der Waals surface area contributed by atoms with Crippen molar-refractivity contribution in [1.82, 2.24) is 9.55 Å². The Labute approximate surface area is 136 Å². The molecular formula is C17H15N3O4. The molecule has 0 saturated carbocycles. The van der Waals surface area contributed by atoms with Crippen LogP contribution in [-0.2, 0) is 11.8 Å². The molecule has 7 heteroatoms. The Morgan fingerprint density at radius 3 is 2.96 bits per heavy atom. The van der Waals surface area contributed by atoms with Gasteiger partial charge in [-0.2, -0.15) is 0 Å². The van der Waals surface area contributed by atoms with Crippen molar-refractivity contribution in [2.45, 2.75) is 12.3 Å². The molecule has 3 aromatic rings. The summed E-state index contributed by atoms with van der Waals surface area (Å²) < 4.78 is 12.0. The molecule has 1 aromatic carbocycles. The number of pyridine rings is 1. The molecule has 122 valence electrons. The highest BCUT2D eigenvalue weighted by atomic mass is 16.5. The fourth-order valence-electron chi connectivity index (χ4n) is 3.20. The van der Waals surface area contributed by atoms with Gasteiger partial charge in [-0.25, -0.2) is 9.78 Å². The molecule has 1 aliphatic heterocycles. The molecule has 24 heavy (non-hydrogen) atoms. The Kier molecular flexibility index (Phi) is 3.16. The van der Waals surface area contributed by atoms with Gasteiger partial charge in [0.15, 0.2) is 5.58 Å². The molecule has 1 aliphatic rings. The number of carbonyl (C=O) groups excluding carboxylic acids is 1. The third kappa shape index (κ3) is 2.09. The number of aromatic nitrogens is 2. The van der Waals surface area contributed by atoms with Gasteiger partial charge in [0.2, 0.25) is 11.8 Å². The molecule has 1 N–H and O–H groups in total. The zero-order valence-electron chi connectivity index (χ0n) is 13.2. The van der Waals surface area contributed by atoms with Crippen molar-refractivity contribution in [3.05, 3.63) is 52.1 Å². The van der Waals surface area contributed by atoms with Crippen LogP contribution in [0.1, 0.15) is 23.5 Å². The Bertz CT molecular complexity index is 1020.